The molecule has 7 heteroatoms. The second-order valence-electron chi connectivity index (χ2n) is 6.27. The highest BCUT2D eigenvalue weighted by atomic mass is 35.5. The predicted molar refractivity (Wildman–Crippen MR) is 99.8 cm³/mol. The molecule has 0 atom stereocenters. The van der Waals surface area contributed by atoms with Crippen molar-refractivity contribution in [1.82, 2.24) is 4.31 Å². The third-order valence-electron chi connectivity index (χ3n) is 4.55. The second-order valence-corrected chi connectivity index (χ2v) is 9.02. The van der Waals surface area contributed by atoms with Gasteiger partial charge in [0.1, 0.15) is 4.90 Å². The second kappa shape index (κ2) is 7.54. The fourth-order valence-corrected chi connectivity index (χ4v) is 5.39. The Labute approximate surface area is 158 Å². The molecule has 0 amide bonds. The minimum Gasteiger partial charge on any atom is -0.505 e. The highest BCUT2D eigenvalue weighted by Crippen LogP contribution is 2.36. The number of halogens is 2. The van der Waals surface area contributed by atoms with Crippen molar-refractivity contribution in [1.29, 1.82) is 0 Å². The van der Waals surface area contributed by atoms with E-state index in [9.17, 15) is 13.5 Å². The van der Waals surface area contributed by atoms with Crippen molar-refractivity contribution in [2.24, 2.45) is 5.92 Å². The van der Waals surface area contributed by atoms with Gasteiger partial charge in [0.15, 0.2) is 5.75 Å². The first-order valence-electron chi connectivity index (χ1n) is 8.10. The summed E-state index contributed by atoms with van der Waals surface area (Å²) >= 11 is 11.8. The summed E-state index contributed by atoms with van der Waals surface area (Å²) in [5.41, 5.74) is 1.27. The lowest BCUT2D eigenvalue weighted by molar-refractivity contribution is 0.272. The molecule has 2 aromatic carbocycles. The summed E-state index contributed by atoms with van der Waals surface area (Å²) in [7, 11) is -3.82. The number of phenols is 1. The molecular weight excluding hydrogens is 381 g/mol. The van der Waals surface area contributed by atoms with E-state index in [-0.39, 0.29) is 14.9 Å². The van der Waals surface area contributed by atoms with Crippen LogP contribution in [0.3, 0.4) is 0 Å². The van der Waals surface area contributed by atoms with E-state index in [0.717, 1.165) is 19.3 Å². The molecule has 1 saturated heterocycles. The lowest BCUT2D eigenvalue weighted by Crippen LogP contribution is -2.38. The van der Waals surface area contributed by atoms with Gasteiger partial charge >= 0.3 is 0 Å². The average Bonchev–Trinajstić information content (AvgIpc) is 2.59. The Hall–Kier alpha value is -1.27. The zero-order chi connectivity index (χ0) is 18.0. The molecule has 0 radical (unpaired) electrons. The number of hydrogen-bond acceptors (Lipinski definition) is 3. The van der Waals surface area contributed by atoms with E-state index in [2.05, 4.69) is 12.1 Å². The predicted octanol–water partition coefficient (Wildman–Crippen LogP) is 4.34. The standard InChI is InChI=1S/C18H19Cl2NO3S/c19-15-11-16(20)18(22)17(12-15)25(23,24)21-8-6-14(7-9-21)10-13-4-2-1-3-5-13/h1-5,11-12,14,22H,6-10H2. The van der Waals surface area contributed by atoms with E-state index in [1.165, 1.54) is 22.0 Å². The van der Waals surface area contributed by atoms with Crippen molar-refractivity contribution in [3.63, 3.8) is 0 Å². The van der Waals surface area contributed by atoms with Crippen molar-refractivity contribution < 1.29 is 13.5 Å². The Morgan fingerprint density at radius 3 is 2.36 bits per heavy atom. The van der Waals surface area contributed by atoms with Gasteiger partial charge in [0, 0.05) is 18.1 Å². The molecule has 4 nitrogen and oxygen atoms in total. The maximum atomic E-state index is 12.8. The number of phenolic OH excluding ortho intramolecular Hbond substituents is 1. The van der Waals surface area contributed by atoms with Gasteiger partial charge in [-0.1, -0.05) is 53.5 Å². The molecule has 0 unspecified atom stereocenters. The molecule has 1 fully saturated rings. The molecule has 0 aromatic heterocycles. The van der Waals surface area contributed by atoms with Crippen molar-refractivity contribution in [3.05, 3.63) is 58.1 Å². The van der Waals surface area contributed by atoms with Crippen LogP contribution in [-0.2, 0) is 16.4 Å². The zero-order valence-electron chi connectivity index (χ0n) is 13.5. The van der Waals surface area contributed by atoms with E-state index in [4.69, 9.17) is 23.2 Å². The number of nitrogens with zero attached hydrogens (tertiary/aromatic N) is 1. The smallest absolute Gasteiger partial charge is 0.246 e. The van der Waals surface area contributed by atoms with Gasteiger partial charge in [-0.05, 0) is 42.9 Å². The molecule has 0 bridgehead atoms. The number of sulfonamides is 1. The number of aromatic hydroxyl groups is 1. The maximum absolute atomic E-state index is 12.8. The molecule has 1 aliphatic rings. The monoisotopic (exact) mass is 399 g/mol. The molecule has 1 heterocycles. The van der Waals surface area contributed by atoms with Crippen LogP contribution in [0.2, 0.25) is 10.0 Å². The summed E-state index contributed by atoms with van der Waals surface area (Å²) in [6.45, 7) is 0.840. The van der Waals surface area contributed by atoms with Crippen molar-refractivity contribution in [2.75, 3.05) is 13.1 Å². The van der Waals surface area contributed by atoms with Crippen molar-refractivity contribution in [3.8, 4) is 5.75 Å². The number of piperidine rings is 1. The van der Waals surface area contributed by atoms with Crippen LogP contribution < -0.4 is 0 Å². The van der Waals surface area contributed by atoms with Gasteiger partial charge in [0.2, 0.25) is 10.0 Å². The van der Waals surface area contributed by atoms with Gasteiger partial charge in [-0.15, -0.1) is 0 Å². The first kappa shape index (κ1) is 18.5. The third-order valence-corrected chi connectivity index (χ3v) is 6.97. The Balaban J connectivity index is 1.72. The van der Waals surface area contributed by atoms with Crippen LogP contribution in [0.1, 0.15) is 18.4 Å². The quantitative estimate of drug-likeness (QED) is 0.831. The van der Waals surface area contributed by atoms with Crippen LogP contribution in [0.5, 0.6) is 5.75 Å². The topological polar surface area (TPSA) is 57.6 Å². The largest absolute Gasteiger partial charge is 0.505 e. The molecule has 2 aromatic rings. The molecule has 134 valence electrons. The van der Waals surface area contributed by atoms with Crippen LogP contribution in [0.25, 0.3) is 0 Å². The molecule has 0 spiro atoms. The molecule has 0 aliphatic carbocycles. The van der Waals surface area contributed by atoms with E-state index < -0.39 is 15.8 Å². The molecular formula is C18H19Cl2NO3S. The Kier molecular flexibility index (Phi) is 5.58. The lowest BCUT2D eigenvalue weighted by atomic mass is 9.91. The Bertz CT molecular complexity index is 848. The van der Waals surface area contributed by atoms with Crippen LogP contribution >= 0.6 is 23.2 Å². The minimum atomic E-state index is -3.82. The van der Waals surface area contributed by atoms with E-state index >= 15 is 0 Å². The van der Waals surface area contributed by atoms with Gasteiger partial charge in [0.25, 0.3) is 0 Å². The van der Waals surface area contributed by atoms with Crippen molar-refractivity contribution in [2.45, 2.75) is 24.2 Å². The number of benzene rings is 2. The summed E-state index contributed by atoms with van der Waals surface area (Å²) in [5.74, 6) is 0.00266. The fourth-order valence-electron chi connectivity index (χ4n) is 3.18. The average molecular weight is 400 g/mol. The van der Waals surface area contributed by atoms with Gasteiger partial charge in [-0.2, -0.15) is 4.31 Å². The first-order valence-corrected chi connectivity index (χ1v) is 10.3. The molecule has 25 heavy (non-hydrogen) atoms. The highest BCUT2D eigenvalue weighted by Gasteiger charge is 2.32. The summed E-state index contributed by atoms with van der Waals surface area (Å²) < 4.78 is 27.1. The van der Waals surface area contributed by atoms with Crippen molar-refractivity contribution >= 4 is 33.2 Å². The summed E-state index contributed by atoms with van der Waals surface area (Å²) in [5, 5.41) is 10.2. The summed E-state index contributed by atoms with van der Waals surface area (Å²) in [6.07, 6.45) is 2.51. The number of hydrogen-bond donors (Lipinski definition) is 1. The first-order chi connectivity index (χ1) is 11.9. The van der Waals surface area contributed by atoms with Gasteiger partial charge in [0.05, 0.1) is 5.02 Å². The number of rotatable bonds is 4. The van der Waals surface area contributed by atoms with Gasteiger partial charge in [-0.25, -0.2) is 8.42 Å². The Morgan fingerprint density at radius 1 is 1.08 bits per heavy atom. The third kappa shape index (κ3) is 4.11. The van der Waals surface area contributed by atoms with Gasteiger partial charge in [-0.3, -0.25) is 0 Å². The van der Waals surface area contributed by atoms with E-state index in [1.807, 2.05) is 18.2 Å². The SMILES string of the molecule is O=S(=O)(c1cc(Cl)cc(Cl)c1O)N1CCC(Cc2ccccc2)CC1. The molecule has 1 aliphatic heterocycles. The fraction of sp³-hybridized carbons (Fsp3) is 0.333. The Morgan fingerprint density at radius 2 is 1.72 bits per heavy atom. The normalized spacial score (nSPS) is 16.9. The van der Waals surface area contributed by atoms with Gasteiger partial charge < -0.3 is 5.11 Å². The minimum absolute atomic E-state index is 0.0648. The highest BCUT2D eigenvalue weighted by molar-refractivity contribution is 7.89. The maximum Gasteiger partial charge on any atom is 0.246 e. The lowest BCUT2D eigenvalue weighted by Gasteiger charge is -2.31. The molecule has 1 N–H and O–H groups in total. The summed E-state index contributed by atoms with van der Waals surface area (Å²) in [4.78, 5) is -0.230. The summed E-state index contributed by atoms with van der Waals surface area (Å²) in [6, 6.07) is 12.8. The van der Waals surface area contributed by atoms with E-state index in [0.29, 0.717) is 19.0 Å². The zero-order valence-corrected chi connectivity index (χ0v) is 15.9. The van der Waals surface area contributed by atoms with Crippen LogP contribution in [0.15, 0.2) is 47.4 Å². The molecule has 3 rings (SSSR count). The van der Waals surface area contributed by atoms with Crippen LogP contribution in [0.4, 0.5) is 0 Å². The van der Waals surface area contributed by atoms with E-state index in [1.54, 1.807) is 0 Å². The van der Waals surface area contributed by atoms with Crippen LogP contribution in [0, 0.1) is 5.92 Å². The molecule has 0 saturated carbocycles. The van der Waals surface area contributed by atoms with Crippen LogP contribution in [-0.4, -0.2) is 30.9 Å².